The second-order valence-corrected chi connectivity index (χ2v) is 4.40. The number of nitrogens with zero attached hydrogens (tertiary/aromatic N) is 1. The Morgan fingerprint density at radius 1 is 1.19 bits per heavy atom. The molecule has 0 saturated carbocycles. The van der Waals surface area contributed by atoms with E-state index in [4.69, 9.17) is 21.1 Å². The first kappa shape index (κ1) is 14.8. The summed E-state index contributed by atoms with van der Waals surface area (Å²) in [6, 6.07) is 9.94. The minimum Gasteiger partial charge on any atom is -0.497 e. The van der Waals surface area contributed by atoms with Gasteiger partial charge in [-0.1, -0.05) is 11.6 Å². The van der Waals surface area contributed by atoms with Gasteiger partial charge in [0.05, 0.1) is 22.6 Å². The summed E-state index contributed by atoms with van der Waals surface area (Å²) in [6.07, 6.45) is 0. The Balaban J connectivity index is 2.17. The first-order valence-corrected chi connectivity index (χ1v) is 6.19. The molecule has 0 bridgehead atoms. The van der Waals surface area contributed by atoms with Crippen LogP contribution in [0.4, 0.5) is 5.69 Å². The molecule has 6 nitrogen and oxygen atoms in total. The van der Waals surface area contributed by atoms with Gasteiger partial charge < -0.3 is 9.47 Å². The topological polar surface area (TPSA) is 78.7 Å². The van der Waals surface area contributed by atoms with Crippen LogP contribution in [0.1, 0.15) is 10.4 Å². The van der Waals surface area contributed by atoms with Gasteiger partial charge in [-0.05, 0) is 30.3 Å². The van der Waals surface area contributed by atoms with E-state index in [0.717, 1.165) is 6.07 Å². The molecular weight excluding hydrogens is 298 g/mol. The van der Waals surface area contributed by atoms with E-state index < -0.39 is 10.9 Å². The molecule has 0 aromatic heterocycles. The molecule has 2 aromatic rings. The van der Waals surface area contributed by atoms with E-state index in [1.807, 2.05) is 0 Å². The van der Waals surface area contributed by atoms with E-state index in [-0.39, 0.29) is 16.5 Å². The predicted octanol–water partition coefficient (Wildman–Crippen LogP) is 3.48. The Kier molecular flexibility index (Phi) is 4.39. The number of carbonyl (C=O) groups excluding carboxylic acids is 1. The molecule has 0 atom stereocenters. The Hall–Kier alpha value is -2.60. The zero-order chi connectivity index (χ0) is 15.4. The van der Waals surface area contributed by atoms with E-state index in [2.05, 4.69) is 0 Å². The molecule has 0 aliphatic rings. The second-order valence-electron chi connectivity index (χ2n) is 3.99. The van der Waals surface area contributed by atoms with Crippen LogP contribution in [0.25, 0.3) is 0 Å². The molecule has 2 aromatic carbocycles. The fraction of sp³-hybridized carbons (Fsp3) is 0.0714. The maximum Gasteiger partial charge on any atom is 0.343 e. The van der Waals surface area contributed by atoms with Crippen LogP contribution >= 0.6 is 11.6 Å². The van der Waals surface area contributed by atoms with E-state index in [0.29, 0.717) is 11.3 Å². The van der Waals surface area contributed by atoms with Crippen LogP contribution < -0.4 is 9.47 Å². The maximum absolute atomic E-state index is 11.9. The first-order chi connectivity index (χ1) is 10.0. The highest BCUT2D eigenvalue weighted by Gasteiger charge is 2.14. The van der Waals surface area contributed by atoms with E-state index in [9.17, 15) is 14.9 Å². The van der Waals surface area contributed by atoms with Crippen LogP contribution in [0.2, 0.25) is 5.02 Å². The molecule has 0 saturated heterocycles. The number of methoxy groups -OCH3 is 1. The molecule has 108 valence electrons. The van der Waals surface area contributed by atoms with Gasteiger partial charge >= 0.3 is 5.97 Å². The van der Waals surface area contributed by atoms with Gasteiger partial charge in [0.25, 0.3) is 5.69 Å². The Morgan fingerprint density at radius 2 is 1.86 bits per heavy atom. The van der Waals surface area contributed by atoms with E-state index in [1.54, 1.807) is 24.3 Å². The monoisotopic (exact) mass is 307 g/mol. The third kappa shape index (κ3) is 3.49. The van der Waals surface area contributed by atoms with Gasteiger partial charge in [0.2, 0.25) is 0 Å². The molecule has 0 amide bonds. The van der Waals surface area contributed by atoms with E-state index in [1.165, 1.54) is 19.2 Å². The zero-order valence-corrected chi connectivity index (χ0v) is 11.7. The fourth-order valence-electron chi connectivity index (χ4n) is 1.57. The van der Waals surface area contributed by atoms with Crippen molar-refractivity contribution in [1.29, 1.82) is 0 Å². The van der Waals surface area contributed by atoms with Gasteiger partial charge in [0.15, 0.2) is 0 Å². The number of halogens is 1. The summed E-state index contributed by atoms with van der Waals surface area (Å²) in [5, 5.41) is 10.6. The minimum absolute atomic E-state index is 0.00828. The number of non-ortho nitro benzene ring substituents is 1. The number of carbonyl (C=O) groups is 1. The molecule has 0 heterocycles. The molecule has 0 fully saturated rings. The largest absolute Gasteiger partial charge is 0.497 e. The van der Waals surface area contributed by atoms with Crippen LogP contribution in [-0.4, -0.2) is 18.0 Å². The Labute approximate surface area is 125 Å². The molecule has 7 heteroatoms. The van der Waals surface area contributed by atoms with Gasteiger partial charge in [-0.2, -0.15) is 0 Å². The lowest BCUT2D eigenvalue weighted by molar-refractivity contribution is -0.384. The number of benzene rings is 2. The third-order valence-electron chi connectivity index (χ3n) is 2.65. The van der Waals surface area contributed by atoms with E-state index >= 15 is 0 Å². The summed E-state index contributed by atoms with van der Waals surface area (Å²) in [4.78, 5) is 21.9. The normalized spacial score (nSPS) is 10.0. The van der Waals surface area contributed by atoms with Crippen molar-refractivity contribution in [2.24, 2.45) is 0 Å². The van der Waals surface area contributed by atoms with Gasteiger partial charge in [-0.3, -0.25) is 10.1 Å². The second kappa shape index (κ2) is 6.23. The quantitative estimate of drug-likeness (QED) is 0.374. The summed E-state index contributed by atoms with van der Waals surface area (Å²) in [5.74, 6) is 0.0522. The smallest absolute Gasteiger partial charge is 0.343 e. The number of nitro groups is 1. The summed E-state index contributed by atoms with van der Waals surface area (Å²) in [6.45, 7) is 0. The van der Waals surface area contributed by atoms with Crippen molar-refractivity contribution < 1.29 is 19.2 Å². The maximum atomic E-state index is 11.9. The summed E-state index contributed by atoms with van der Waals surface area (Å²) < 4.78 is 10.1. The van der Waals surface area contributed by atoms with Crippen molar-refractivity contribution in [3.8, 4) is 11.5 Å². The number of rotatable bonds is 4. The highest BCUT2D eigenvalue weighted by atomic mass is 35.5. The van der Waals surface area contributed by atoms with Crippen LogP contribution in [0.15, 0.2) is 42.5 Å². The van der Waals surface area contributed by atoms with Crippen molar-refractivity contribution in [2.45, 2.75) is 0 Å². The van der Waals surface area contributed by atoms with Crippen molar-refractivity contribution in [3.63, 3.8) is 0 Å². The molecule has 0 N–H and O–H groups in total. The molecule has 0 spiro atoms. The highest BCUT2D eigenvalue weighted by Crippen LogP contribution is 2.29. The molecule has 21 heavy (non-hydrogen) atoms. The van der Waals surface area contributed by atoms with Crippen molar-refractivity contribution in [1.82, 2.24) is 0 Å². The highest BCUT2D eigenvalue weighted by molar-refractivity contribution is 6.32. The lowest BCUT2D eigenvalue weighted by atomic mass is 10.2. The summed E-state index contributed by atoms with van der Waals surface area (Å²) >= 11 is 5.85. The van der Waals surface area contributed by atoms with Gasteiger partial charge in [-0.25, -0.2) is 4.79 Å². The van der Waals surface area contributed by atoms with Gasteiger partial charge in [0.1, 0.15) is 11.5 Å². The third-order valence-corrected chi connectivity index (χ3v) is 2.95. The number of hydrogen-bond acceptors (Lipinski definition) is 5. The minimum atomic E-state index is -0.617. The Morgan fingerprint density at radius 3 is 2.38 bits per heavy atom. The average molecular weight is 308 g/mol. The molecule has 0 unspecified atom stereocenters. The first-order valence-electron chi connectivity index (χ1n) is 5.81. The molecule has 0 aliphatic heterocycles. The molecule has 0 aliphatic carbocycles. The fourth-order valence-corrected chi connectivity index (χ4v) is 1.79. The molecule has 2 rings (SSSR count). The van der Waals surface area contributed by atoms with Gasteiger partial charge in [0, 0.05) is 12.1 Å². The van der Waals surface area contributed by atoms with Crippen molar-refractivity contribution in [2.75, 3.05) is 7.11 Å². The summed E-state index contributed by atoms with van der Waals surface area (Å²) in [7, 11) is 1.52. The van der Waals surface area contributed by atoms with Crippen LogP contribution in [-0.2, 0) is 0 Å². The predicted molar refractivity (Wildman–Crippen MR) is 76.1 cm³/mol. The SMILES string of the molecule is COc1ccc(C(=O)Oc2ccc([N+](=O)[O-])cc2Cl)cc1. The molecule has 0 radical (unpaired) electrons. The zero-order valence-electron chi connectivity index (χ0n) is 10.9. The van der Waals surface area contributed by atoms with Crippen LogP contribution in [0.5, 0.6) is 11.5 Å². The number of nitro benzene ring substituents is 1. The van der Waals surface area contributed by atoms with Crippen LogP contribution in [0.3, 0.4) is 0 Å². The molecular formula is C14H10ClNO5. The lowest BCUT2D eigenvalue weighted by Gasteiger charge is -2.06. The van der Waals surface area contributed by atoms with Gasteiger partial charge in [-0.15, -0.1) is 0 Å². The summed E-state index contributed by atoms with van der Waals surface area (Å²) in [5.41, 5.74) is 0.134. The van der Waals surface area contributed by atoms with Crippen LogP contribution in [0, 0.1) is 10.1 Å². The van der Waals surface area contributed by atoms with Crippen molar-refractivity contribution in [3.05, 3.63) is 63.2 Å². The number of ether oxygens (including phenoxy) is 2. The number of esters is 1. The lowest BCUT2D eigenvalue weighted by Crippen LogP contribution is -2.08. The Bertz CT molecular complexity index is 684. The average Bonchev–Trinajstić information content (AvgIpc) is 2.49. The van der Waals surface area contributed by atoms with Crippen molar-refractivity contribution >= 4 is 23.3 Å². The standard InChI is InChI=1S/C14H10ClNO5/c1-20-11-5-2-9(3-6-11)14(17)21-13-7-4-10(16(18)19)8-12(13)15/h2-8H,1H3. The number of hydrogen-bond donors (Lipinski definition) is 0.